The van der Waals surface area contributed by atoms with Gasteiger partial charge in [0.2, 0.25) is 5.91 Å². The van der Waals surface area contributed by atoms with E-state index in [4.69, 9.17) is 4.52 Å². The highest BCUT2D eigenvalue weighted by Crippen LogP contribution is 2.22. The van der Waals surface area contributed by atoms with Crippen molar-refractivity contribution in [2.24, 2.45) is 0 Å². The molecule has 1 aliphatic heterocycles. The highest BCUT2D eigenvalue weighted by molar-refractivity contribution is 5.79. The van der Waals surface area contributed by atoms with Crippen molar-refractivity contribution in [3.8, 4) is 0 Å². The Morgan fingerprint density at radius 3 is 3.00 bits per heavy atom. The molecule has 7 heteroatoms. The first-order valence-electron chi connectivity index (χ1n) is 7.19. The zero-order valence-corrected chi connectivity index (χ0v) is 12.3. The predicted molar refractivity (Wildman–Crippen MR) is 74.6 cm³/mol. The Balaban J connectivity index is 1.67. The Kier molecular flexibility index (Phi) is 3.72. The summed E-state index contributed by atoms with van der Waals surface area (Å²) in [5, 5.41) is 8.08. The number of hydrogen-bond donors (Lipinski definition) is 0. The van der Waals surface area contributed by atoms with Gasteiger partial charge in [-0.2, -0.15) is 5.10 Å². The van der Waals surface area contributed by atoms with Crippen LogP contribution in [0, 0.1) is 13.8 Å². The van der Waals surface area contributed by atoms with Crippen molar-refractivity contribution in [1.82, 2.24) is 24.8 Å². The Morgan fingerprint density at radius 2 is 2.33 bits per heavy atom. The van der Waals surface area contributed by atoms with Crippen LogP contribution >= 0.6 is 0 Å². The highest BCUT2D eigenvalue weighted by atomic mass is 16.5. The van der Waals surface area contributed by atoms with Gasteiger partial charge in [0.05, 0.1) is 18.2 Å². The minimum absolute atomic E-state index is 0.120. The first-order chi connectivity index (χ1) is 10.1. The Labute approximate surface area is 122 Å². The van der Waals surface area contributed by atoms with Crippen molar-refractivity contribution in [2.75, 3.05) is 13.1 Å². The summed E-state index contributed by atoms with van der Waals surface area (Å²) >= 11 is 0. The van der Waals surface area contributed by atoms with Gasteiger partial charge in [0.15, 0.2) is 0 Å². The molecule has 0 N–H and O–H groups in total. The van der Waals surface area contributed by atoms with E-state index in [1.165, 1.54) is 6.33 Å². The van der Waals surface area contributed by atoms with Gasteiger partial charge in [-0.25, -0.2) is 9.67 Å². The number of piperidine rings is 1. The molecule has 112 valence electrons. The summed E-state index contributed by atoms with van der Waals surface area (Å²) in [5.74, 6) is 0.847. The zero-order valence-electron chi connectivity index (χ0n) is 12.3. The van der Waals surface area contributed by atoms with Crippen LogP contribution in [0.5, 0.6) is 0 Å². The van der Waals surface area contributed by atoms with E-state index >= 15 is 0 Å². The van der Waals surface area contributed by atoms with Crippen molar-refractivity contribution in [1.29, 1.82) is 0 Å². The summed E-state index contributed by atoms with van der Waals surface area (Å²) in [7, 11) is 0. The molecule has 1 amide bonds. The van der Waals surface area contributed by atoms with Crippen molar-refractivity contribution in [2.45, 2.75) is 39.2 Å². The van der Waals surface area contributed by atoms with Crippen LogP contribution in [0.4, 0.5) is 0 Å². The van der Waals surface area contributed by atoms with E-state index in [-0.39, 0.29) is 11.9 Å². The third kappa shape index (κ3) is 2.81. The van der Waals surface area contributed by atoms with Crippen LogP contribution in [0.25, 0.3) is 0 Å². The topological polar surface area (TPSA) is 77.0 Å². The molecule has 0 radical (unpaired) electrons. The standard InChI is InChI=1S/C14H19N5O2/c1-10-13(11(2)21-17-10)6-14(20)18-5-3-4-12(7-18)19-9-15-8-16-19/h8-9,12H,3-7H2,1-2H3/t12-/m0/s1. The summed E-state index contributed by atoms with van der Waals surface area (Å²) in [4.78, 5) is 18.4. The molecule has 1 fully saturated rings. The minimum atomic E-state index is 0.120. The third-order valence-corrected chi connectivity index (χ3v) is 4.07. The fourth-order valence-electron chi connectivity index (χ4n) is 2.82. The predicted octanol–water partition coefficient (Wildman–Crippen LogP) is 1.29. The van der Waals surface area contributed by atoms with Crippen molar-refractivity contribution >= 4 is 5.91 Å². The Hall–Kier alpha value is -2.18. The van der Waals surface area contributed by atoms with E-state index in [1.807, 2.05) is 23.4 Å². The number of carbonyl (C=O) groups excluding carboxylic acids is 1. The molecule has 0 spiro atoms. The molecule has 1 atom stereocenters. The lowest BCUT2D eigenvalue weighted by Gasteiger charge is -2.32. The monoisotopic (exact) mass is 289 g/mol. The molecule has 1 saturated heterocycles. The van der Waals surface area contributed by atoms with Gasteiger partial charge in [-0.1, -0.05) is 5.16 Å². The molecular formula is C14H19N5O2. The van der Waals surface area contributed by atoms with Gasteiger partial charge in [0, 0.05) is 18.7 Å². The maximum Gasteiger partial charge on any atom is 0.227 e. The molecule has 3 rings (SSSR count). The van der Waals surface area contributed by atoms with Gasteiger partial charge in [0.25, 0.3) is 0 Å². The van der Waals surface area contributed by atoms with Crippen molar-refractivity contribution < 1.29 is 9.32 Å². The summed E-state index contributed by atoms with van der Waals surface area (Å²) in [6.07, 6.45) is 5.61. The van der Waals surface area contributed by atoms with Crippen LogP contribution in [0.15, 0.2) is 17.2 Å². The SMILES string of the molecule is Cc1noc(C)c1CC(=O)N1CCC[C@H](n2cncn2)C1. The first kappa shape index (κ1) is 13.8. The molecule has 1 aliphatic rings. The average molecular weight is 289 g/mol. The van der Waals surface area contributed by atoms with E-state index in [0.29, 0.717) is 13.0 Å². The lowest BCUT2D eigenvalue weighted by Crippen LogP contribution is -2.41. The van der Waals surface area contributed by atoms with Gasteiger partial charge >= 0.3 is 0 Å². The highest BCUT2D eigenvalue weighted by Gasteiger charge is 2.26. The minimum Gasteiger partial charge on any atom is -0.361 e. The van der Waals surface area contributed by atoms with Crippen LogP contribution in [-0.2, 0) is 11.2 Å². The van der Waals surface area contributed by atoms with Gasteiger partial charge in [-0.3, -0.25) is 4.79 Å². The summed E-state index contributed by atoms with van der Waals surface area (Å²) in [6.45, 7) is 5.20. The maximum absolute atomic E-state index is 12.5. The molecule has 0 unspecified atom stereocenters. The van der Waals surface area contributed by atoms with Gasteiger partial charge in [-0.15, -0.1) is 0 Å². The summed E-state index contributed by atoms with van der Waals surface area (Å²) in [6, 6.07) is 0.217. The molecule has 7 nitrogen and oxygen atoms in total. The van der Waals surface area contributed by atoms with E-state index in [2.05, 4.69) is 15.2 Å². The number of hydrogen-bond acceptors (Lipinski definition) is 5. The molecule has 0 aromatic carbocycles. The number of nitrogens with zero attached hydrogens (tertiary/aromatic N) is 5. The zero-order chi connectivity index (χ0) is 14.8. The molecule has 21 heavy (non-hydrogen) atoms. The molecule has 2 aromatic heterocycles. The Morgan fingerprint density at radius 1 is 1.48 bits per heavy atom. The average Bonchev–Trinajstić information content (AvgIpc) is 3.13. The Bertz CT molecular complexity index is 600. The molecule has 0 saturated carbocycles. The fraction of sp³-hybridized carbons (Fsp3) is 0.571. The van der Waals surface area contributed by atoms with Gasteiger partial charge in [-0.05, 0) is 26.7 Å². The third-order valence-electron chi connectivity index (χ3n) is 4.07. The second-order valence-electron chi connectivity index (χ2n) is 5.49. The number of carbonyl (C=O) groups is 1. The van der Waals surface area contributed by atoms with Crippen LogP contribution in [0.3, 0.4) is 0 Å². The van der Waals surface area contributed by atoms with E-state index in [1.54, 1.807) is 6.33 Å². The van der Waals surface area contributed by atoms with Crippen LogP contribution in [-0.4, -0.2) is 43.8 Å². The van der Waals surface area contributed by atoms with E-state index < -0.39 is 0 Å². The first-order valence-corrected chi connectivity index (χ1v) is 7.19. The number of rotatable bonds is 3. The lowest BCUT2D eigenvalue weighted by molar-refractivity contribution is -0.132. The molecule has 2 aromatic rings. The molecule has 0 bridgehead atoms. The molecule has 0 aliphatic carbocycles. The van der Waals surface area contributed by atoms with Crippen LogP contribution in [0.1, 0.15) is 35.9 Å². The van der Waals surface area contributed by atoms with Crippen molar-refractivity contribution in [3.63, 3.8) is 0 Å². The lowest BCUT2D eigenvalue weighted by atomic mass is 10.0. The second kappa shape index (κ2) is 5.67. The fourth-order valence-corrected chi connectivity index (χ4v) is 2.82. The molecule has 3 heterocycles. The van der Waals surface area contributed by atoms with E-state index in [9.17, 15) is 4.79 Å². The van der Waals surface area contributed by atoms with Crippen molar-refractivity contribution in [3.05, 3.63) is 29.7 Å². The van der Waals surface area contributed by atoms with Crippen LogP contribution in [0.2, 0.25) is 0 Å². The smallest absolute Gasteiger partial charge is 0.227 e. The number of aryl methyl sites for hydroxylation is 2. The quantitative estimate of drug-likeness (QED) is 0.851. The summed E-state index contributed by atoms with van der Waals surface area (Å²) < 4.78 is 6.96. The van der Waals surface area contributed by atoms with E-state index in [0.717, 1.165) is 36.4 Å². The number of aromatic nitrogens is 4. The van der Waals surface area contributed by atoms with Crippen LogP contribution < -0.4 is 0 Å². The molecular weight excluding hydrogens is 270 g/mol. The van der Waals surface area contributed by atoms with Gasteiger partial charge < -0.3 is 9.42 Å². The number of likely N-dealkylation sites (tertiary alicyclic amines) is 1. The normalized spacial score (nSPS) is 19.0. The number of amides is 1. The maximum atomic E-state index is 12.5. The van der Waals surface area contributed by atoms with Gasteiger partial charge in [0.1, 0.15) is 18.4 Å². The largest absolute Gasteiger partial charge is 0.361 e. The summed E-state index contributed by atoms with van der Waals surface area (Å²) in [5.41, 5.74) is 1.70. The second-order valence-corrected chi connectivity index (χ2v) is 5.49.